The molecule has 1 unspecified atom stereocenters. The third-order valence-electron chi connectivity index (χ3n) is 22.6. The predicted octanol–water partition coefficient (Wildman–Crippen LogP) is 18.7. The van der Waals surface area contributed by atoms with E-state index in [9.17, 15) is 41.9 Å². The molecule has 0 spiro atoms. The number of aryl methyl sites for hydroxylation is 5. The van der Waals surface area contributed by atoms with Gasteiger partial charge in [-0.3, -0.25) is 0 Å². The van der Waals surface area contributed by atoms with E-state index in [0.717, 1.165) is 39.3 Å². The molecule has 17 aromatic rings. The Morgan fingerprint density at radius 2 is 0.726 bits per heavy atom. The van der Waals surface area contributed by atoms with Crippen LogP contribution in [-0.4, -0.2) is 173 Å². The topological polar surface area (TPSA) is 430 Å². The maximum Gasteiger partial charge on any atom is 0.338 e. The van der Waals surface area contributed by atoms with E-state index in [1.165, 1.54) is 166 Å². The summed E-state index contributed by atoms with van der Waals surface area (Å²) in [4.78, 5) is 93.4. The molecule has 0 radical (unpaired) electrons. The zero-order valence-electron chi connectivity index (χ0n) is 80.9. The van der Waals surface area contributed by atoms with Crippen LogP contribution in [0.2, 0.25) is 0 Å². The Hall–Kier alpha value is -18.3. The van der Waals surface area contributed by atoms with Crippen molar-refractivity contribution in [1.82, 2.24) is 88.6 Å². The maximum absolute atomic E-state index is 13.9. The summed E-state index contributed by atoms with van der Waals surface area (Å²) in [6, 6.07) is 61.0. The van der Waals surface area contributed by atoms with Gasteiger partial charge in [-0.05, 0) is 216 Å². The third-order valence-corrected chi connectivity index (χ3v) is 22.6. The first-order valence-electron chi connectivity index (χ1n) is 45.6. The summed E-state index contributed by atoms with van der Waals surface area (Å²) < 4.78 is 98.6. The average molecular weight is 1980 g/mol. The van der Waals surface area contributed by atoms with Crippen LogP contribution in [0.3, 0.4) is 0 Å². The number of aromatic nitrogens is 18. The van der Waals surface area contributed by atoms with Gasteiger partial charge in [0.2, 0.25) is 35.3 Å². The molecule has 5 aromatic carbocycles. The van der Waals surface area contributed by atoms with Crippen LogP contribution in [0.25, 0.3) is 34.9 Å². The molecule has 2 aliphatic carbocycles. The molecule has 2 aliphatic rings. The van der Waals surface area contributed by atoms with Crippen LogP contribution in [0.15, 0.2) is 287 Å². The summed E-state index contributed by atoms with van der Waals surface area (Å²) >= 11 is 0. The highest BCUT2D eigenvalue weighted by molar-refractivity contribution is 5.91. The lowest BCUT2D eigenvalue weighted by molar-refractivity contribution is 0.00115. The van der Waals surface area contributed by atoms with Gasteiger partial charge < -0.3 is 58.0 Å². The minimum absolute atomic E-state index is 0.0501. The van der Waals surface area contributed by atoms with Crippen molar-refractivity contribution in [3.8, 4) is 70.2 Å². The fourth-order valence-electron chi connectivity index (χ4n) is 14.7. The zero-order chi connectivity index (χ0) is 104. The number of pyridine rings is 6. The SMILES string of the molecule is CC1(F)CC(COc2ccnn2-c2cc(C(=O)O)ccn2)C1.COC(=O)c1ccnc(-n2nccc2OCc2ccc(C)cc2F)c1.COC(=O)c1ccnc(-n2nccc2OCc2ccc(C3CC3)cc2)c1.COC(=O)c1ccnc(-n2nccc2OCc2ccc(F)c(C)c2)c1.Cc1ccc(C(C)Oc2ccnn2-c2cc(C(=O)O)ccn2)cc1.Cc1ccc(COc2c(C)cnn2-c2cc(C(=O)O)ccn2)cc1. The van der Waals surface area contributed by atoms with Crippen molar-refractivity contribution in [3.63, 3.8) is 0 Å². The number of methoxy groups -OCH3 is 3. The predicted molar refractivity (Wildman–Crippen MR) is 525 cm³/mol. The Balaban J connectivity index is 0.000000139. The van der Waals surface area contributed by atoms with E-state index < -0.39 is 41.5 Å². The number of alkyl halides is 1. The van der Waals surface area contributed by atoms with Gasteiger partial charge in [-0.1, -0.05) is 102 Å². The van der Waals surface area contributed by atoms with E-state index in [0.29, 0.717) is 131 Å². The molecule has 748 valence electrons. The number of hydrogen-bond acceptors (Lipinski definition) is 27. The van der Waals surface area contributed by atoms with Crippen molar-refractivity contribution >= 4 is 35.8 Å². The molecule has 2 saturated carbocycles. The number of esters is 3. The van der Waals surface area contributed by atoms with Crippen molar-refractivity contribution in [2.24, 2.45) is 5.92 Å². The first-order chi connectivity index (χ1) is 70.4. The van der Waals surface area contributed by atoms with Gasteiger partial charge in [0, 0.05) is 78.6 Å². The van der Waals surface area contributed by atoms with Gasteiger partial charge in [-0.15, -0.1) is 0 Å². The molecular weight excluding hydrogens is 1880 g/mol. The first kappa shape index (κ1) is 104. The third kappa shape index (κ3) is 27.9. The summed E-state index contributed by atoms with van der Waals surface area (Å²) in [6.45, 7) is 14.6. The van der Waals surface area contributed by atoms with Crippen LogP contribution >= 0.6 is 0 Å². The van der Waals surface area contributed by atoms with E-state index in [1.54, 1.807) is 135 Å². The second-order valence-electron chi connectivity index (χ2n) is 33.8. The highest BCUT2D eigenvalue weighted by Crippen LogP contribution is 2.42. The minimum Gasteiger partial charge on any atom is -0.478 e. The number of hydrogen-bond donors (Lipinski definition) is 3. The van der Waals surface area contributed by atoms with E-state index in [-0.39, 0.29) is 53.6 Å². The lowest BCUT2D eigenvalue weighted by Crippen LogP contribution is -2.39. The molecule has 39 heteroatoms. The van der Waals surface area contributed by atoms with Crippen LogP contribution in [-0.2, 0) is 40.6 Å². The number of carboxylic acids is 3. The summed E-state index contributed by atoms with van der Waals surface area (Å²) in [5.41, 5.74) is 11.0. The number of carbonyl (C=O) groups is 6. The van der Waals surface area contributed by atoms with Crippen molar-refractivity contribution in [2.45, 2.75) is 118 Å². The molecule has 36 nitrogen and oxygen atoms in total. The number of carboxylic acid groups (broad SMARTS) is 3. The number of benzene rings is 5. The highest BCUT2D eigenvalue weighted by atomic mass is 19.1. The lowest BCUT2D eigenvalue weighted by Gasteiger charge is -2.38. The fourth-order valence-corrected chi connectivity index (χ4v) is 14.7. The Morgan fingerprint density at radius 3 is 1.13 bits per heavy atom. The largest absolute Gasteiger partial charge is 0.478 e. The maximum atomic E-state index is 13.9. The Kier molecular flexibility index (Phi) is 34.5. The fraction of sp³-hybridized carbons (Fsp3) is 0.215. The number of carbonyl (C=O) groups excluding carboxylic acids is 3. The molecule has 3 N–H and O–H groups in total. The summed E-state index contributed by atoms with van der Waals surface area (Å²) in [5, 5.41) is 52.3. The molecule has 146 heavy (non-hydrogen) atoms. The molecule has 12 aromatic heterocycles. The monoisotopic (exact) mass is 1980 g/mol. The van der Waals surface area contributed by atoms with Gasteiger partial charge in [0.25, 0.3) is 0 Å². The van der Waals surface area contributed by atoms with Gasteiger partial charge in [0.05, 0.1) is 98.5 Å². The Labute approximate surface area is 835 Å². The number of ether oxygens (including phenoxy) is 9. The van der Waals surface area contributed by atoms with Crippen molar-refractivity contribution in [2.75, 3.05) is 27.9 Å². The number of halogens is 3. The van der Waals surface area contributed by atoms with Gasteiger partial charge in [0.15, 0.2) is 34.9 Å². The normalized spacial score (nSPS) is 13.3. The Bertz CT molecular complexity index is 7380. The Morgan fingerprint density at radius 1 is 0.370 bits per heavy atom. The average Bonchev–Trinajstić information content (AvgIpc) is 1.48. The molecule has 0 aliphatic heterocycles. The standard InChI is InChI=1S/C20H19N3O3.2C18H16FN3O3.2C18H17N3O3.C15H16FN3O3/c1-25-20(24)17-8-10-21-18(12-17)23-19(9-11-22-23)26-13-14-2-4-15(5-3-14)16-6-7-16;1-12-9-13(3-4-15(12)19)11-25-17-6-8-21-22(17)16-10-14(5-7-20-16)18(23)24-2;1-12-3-4-14(15(19)9-12)11-25-17-6-8-21-22(17)16-10-13(5-7-20-16)18(23)24-2;1-12-3-5-14(6-4-12)13(2)24-17-8-10-20-21(17)16-11-15(18(22)23)7-9-19-16;1-12-3-5-14(6-4-12)11-24-17-13(2)10-20-21(17)16-9-15(18(22)23)7-8-19-16;1-15(16)7-10(8-15)9-22-13-3-5-18-19(13)12-6-11(14(20)21)2-4-17-12/h2-5,8-12,16H,6-7,13H2,1H3;2*3-10H,11H2,1-2H3;3-11,13H,1-2H3,(H,22,23);3-10H,11H2,1-2H3,(H,22,23);2-6,10H,7-9H2,1H3,(H,20,21). The molecule has 1 atom stereocenters. The summed E-state index contributed by atoms with van der Waals surface area (Å²) in [5.74, 6) is 1.35. The highest BCUT2D eigenvalue weighted by Gasteiger charge is 2.41. The van der Waals surface area contributed by atoms with Gasteiger partial charge >= 0.3 is 35.8 Å². The van der Waals surface area contributed by atoms with E-state index in [4.69, 9.17) is 58.0 Å². The molecule has 12 heterocycles. The lowest BCUT2D eigenvalue weighted by atomic mass is 9.74. The van der Waals surface area contributed by atoms with Crippen molar-refractivity contribution < 1.29 is 99.9 Å². The molecule has 2 fully saturated rings. The van der Waals surface area contributed by atoms with Gasteiger partial charge in [-0.25, -0.2) is 71.8 Å². The van der Waals surface area contributed by atoms with Gasteiger partial charge in [0.1, 0.15) is 49.8 Å². The molecule has 0 bridgehead atoms. The second-order valence-corrected chi connectivity index (χ2v) is 33.8. The quantitative estimate of drug-likeness (QED) is 0.0268. The first-order valence-corrected chi connectivity index (χ1v) is 45.6. The van der Waals surface area contributed by atoms with E-state index >= 15 is 0 Å². The van der Waals surface area contributed by atoms with Crippen LogP contribution < -0.4 is 28.4 Å². The molecule has 0 saturated heterocycles. The van der Waals surface area contributed by atoms with Crippen LogP contribution in [0, 0.1) is 52.2 Å². The smallest absolute Gasteiger partial charge is 0.338 e. The van der Waals surface area contributed by atoms with Crippen LogP contribution in [0.4, 0.5) is 13.2 Å². The summed E-state index contributed by atoms with van der Waals surface area (Å²) in [6.07, 6.45) is 21.8. The molecule has 19 rings (SSSR count). The zero-order valence-corrected chi connectivity index (χ0v) is 80.9. The van der Waals surface area contributed by atoms with E-state index in [1.807, 2.05) is 89.2 Å². The molecule has 0 amide bonds. The molecular formula is C107H101F3N18O18. The second kappa shape index (κ2) is 48.7. The van der Waals surface area contributed by atoms with Gasteiger partial charge in [-0.2, -0.15) is 58.7 Å². The summed E-state index contributed by atoms with van der Waals surface area (Å²) in [7, 11) is 3.97. The number of aromatic carboxylic acids is 3. The van der Waals surface area contributed by atoms with Crippen molar-refractivity contribution in [3.05, 3.63) is 393 Å². The minimum atomic E-state index is -1.08. The number of rotatable bonds is 31. The van der Waals surface area contributed by atoms with Crippen LogP contribution in [0.1, 0.15) is 175 Å². The number of nitrogens with zero attached hydrogens (tertiary/aromatic N) is 18. The van der Waals surface area contributed by atoms with E-state index in [2.05, 4.69) is 84.8 Å². The van der Waals surface area contributed by atoms with Crippen LogP contribution in [0.5, 0.6) is 35.3 Å². The van der Waals surface area contributed by atoms with Crippen molar-refractivity contribution in [1.29, 1.82) is 0 Å².